The molecule has 1 aromatic carbocycles. The van der Waals surface area contributed by atoms with E-state index in [-0.39, 0.29) is 16.5 Å². The predicted molar refractivity (Wildman–Crippen MR) is 102 cm³/mol. The molecule has 9 heteroatoms. The number of aromatic nitrogens is 1. The van der Waals surface area contributed by atoms with Crippen LogP contribution in [0.2, 0.25) is 0 Å². The Morgan fingerprint density at radius 3 is 2.67 bits per heavy atom. The molecule has 1 N–H and O–H groups in total. The number of esters is 1. The molecule has 0 bridgehead atoms. The van der Waals surface area contributed by atoms with Gasteiger partial charge >= 0.3 is 5.97 Å². The first kappa shape index (κ1) is 19.1. The molecule has 27 heavy (non-hydrogen) atoms. The van der Waals surface area contributed by atoms with E-state index in [1.54, 1.807) is 25.1 Å². The van der Waals surface area contributed by atoms with E-state index < -0.39 is 16.0 Å². The summed E-state index contributed by atoms with van der Waals surface area (Å²) in [6, 6.07) is 9.88. The largest absolute Gasteiger partial charge is 0.461 e. The number of benzene rings is 1. The van der Waals surface area contributed by atoms with Gasteiger partial charge in [0.25, 0.3) is 10.0 Å². The third-order valence-corrected chi connectivity index (χ3v) is 6.82. The lowest BCUT2D eigenvalue weighted by atomic mass is 10.1. The minimum Gasteiger partial charge on any atom is -0.461 e. The lowest BCUT2D eigenvalue weighted by Crippen LogP contribution is -2.11. The maximum absolute atomic E-state index is 12.6. The fourth-order valence-corrected chi connectivity index (χ4v) is 4.60. The van der Waals surface area contributed by atoms with E-state index in [1.807, 2.05) is 19.9 Å². The first-order chi connectivity index (χ1) is 12.8. The third kappa shape index (κ3) is 4.20. The molecule has 2 aromatic heterocycles. The average Bonchev–Trinajstić information content (AvgIpc) is 3.27. The molecule has 0 spiro atoms. The molecule has 3 rings (SSSR count). The van der Waals surface area contributed by atoms with Crippen molar-refractivity contribution in [2.45, 2.75) is 25.0 Å². The van der Waals surface area contributed by atoms with Gasteiger partial charge in [-0.25, -0.2) is 13.2 Å². The molecule has 3 aromatic rings. The van der Waals surface area contributed by atoms with Crippen LogP contribution in [0.25, 0.3) is 10.6 Å². The van der Waals surface area contributed by atoms with Gasteiger partial charge in [-0.15, -0.1) is 11.3 Å². The van der Waals surface area contributed by atoms with Gasteiger partial charge in [-0.3, -0.25) is 4.72 Å². The first-order valence-electron chi connectivity index (χ1n) is 8.14. The molecule has 7 nitrogen and oxygen atoms in total. The minimum atomic E-state index is -3.73. The molecule has 0 amide bonds. The van der Waals surface area contributed by atoms with Gasteiger partial charge in [-0.2, -0.15) is 0 Å². The Balaban J connectivity index is 1.82. The number of nitrogens with one attached hydrogen (secondary N) is 1. The highest BCUT2D eigenvalue weighted by atomic mass is 32.2. The Morgan fingerprint density at radius 2 is 1.96 bits per heavy atom. The van der Waals surface area contributed by atoms with Gasteiger partial charge in [0, 0.05) is 11.8 Å². The molecular weight excluding hydrogens is 388 g/mol. The number of ether oxygens (including phenoxy) is 1. The summed E-state index contributed by atoms with van der Waals surface area (Å²) in [5, 5.41) is 3.66. The van der Waals surface area contributed by atoms with Crippen molar-refractivity contribution in [2.75, 3.05) is 11.3 Å². The molecule has 0 saturated heterocycles. The Labute approximate surface area is 161 Å². The van der Waals surface area contributed by atoms with Crippen LogP contribution in [0.4, 0.5) is 5.69 Å². The van der Waals surface area contributed by atoms with Crippen molar-refractivity contribution in [3.8, 4) is 10.6 Å². The van der Waals surface area contributed by atoms with Gasteiger partial charge in [-0.05, 0) is 56.2 Å². The first-order valence-corrected chi connectivity index (χ1v) is 10.4. The Hall–Kier alpha value is -2.65. The number of hydrogen-bond acceptors (Lipinski definition) is 7. The number of rotatable bonds is 6. The fourth-order valence-electron chi connectivity index (χ4n) is 2.30. The second kappa shape index (κ2) is 7.53. The third-order valence-electron chi connectivity index (χ3n) is 3.84. The molecule has 0 atom stereocenters. The van der Waals surface area contributed by atoms with Crippen LogP contribution < -0.4 is 4.72 Å². The summed E-state index contributed by atoms with van der Waals surface area (Å²) in [4.78, 5) is 12.2. The fraction of sp³-hybridized carbons (Fsp3) is 0.222. The number of carbonyl (C=O) groups is 1. The number of sulfonamides is 1. The van der Waals surface area contributed by atoms with E-state index in [2.05, 4.69) is 9.88 Å². The van der Waals surface area contributed by atoms with E-state index >= 15 is 0 Å². The van der Waals surface area contributed by atoms with E-state index in [1.165, 1.54) is 12.1 Å². The minimum absolute atomic E-state index is 0.0397. The molecule has 0 saturated carbocycles. The summed E-state index contributed by atoms with van der Waals surface area (Å²) in [6.07, 6.45) is 0. The number of aryl methyl sites for hydroxylation is 2. The lowest BCUT2D eigenvalue weighted by Gasteiger charge is -2.08. The van der Waals surface area contributed by atoms with Crippen molar-refractivity contribution < 1.29 is 22.5 Å². The number of anilines is 1. The summed E-state index contributed by atoms with van der Waals surface area (Å²) in [7, 11) is -3.73. The number of hydrogen-bond donors (Lipinski definition) is 1. The predicted octanol–water partition coefficient (Wildman–Crippen LogP) is 4.00. The zero-order valence-electron chi connectivity index (χ0n) is 15.0. The van der Waals surface area contributed by atoms with Gasteiger partial charge in [-0.1, -0.05) is 11.2 Å². The summed E-state index contributed by atoms with van der Waals surface area (Å²) in [6.45, 7) is 5.80. The van der Waals surface area contributed by atoms with E-state index in [4.69, 9.17) is 9.26 Å². The van der Waals surface area contributed by atoms with Gasteiger partial charge in [0.15, 0.2) is 11.5 Å². The second-order valence-electron chi connectivity index (χ2n) is 5.82. The van der Waals surface area contributed by atoms with Crippen LogP contribution in [0.5, 0.6) is 0 Å². The van der Waals surface area contributed by atoms with Gasteiger partial charge in [0.05, 0.1) is 11.5 Å². The van der Waals surface area contributed by atoms with Crippen molar-refractivity contribution in [3.63, 3.8) is 0 Å². The van der Waals surface area contributed by atoms with Gasteiger partial charge in [0.1, 0.15) is 4.21 Å². The Kier molecular flexibility index (Phi) is 5.33. The summed E-state index contributed by atoms with van der Waals surface area (Å²) < 4.78 is 37.9. The van der Waals surface area contributed by atoms with Crippen LogP contribution in [0.1, 0.15) is 28.5 Å². The second-order valence-corrected chi connectivity index (χ2v) is 8.81. The van der Waals surface area contributed by atoms with Crippen LogP contribution in [0.15, 0.2) is 45.1 Å². The topological polar surface area (TPSA) is 98.5 Å². The van der Waals surface area contributed by atoms with Crippen LogP contribution in [-0.2, 0) is 14.8 Å². The van der Waals surface area contributed by atoms with Crippen LogP contribution in [0.3, 0.4) is 0 Å². The molecule has 0 unspecified atom stereocenters. The van der Waals surface area contributed by atoms with Crippen molar-refractivity contribution in [1.29, 1.82) is 0 Å². The van der Waals surface area contributed by atoms with Crippen LogP contribution in [0, 0.1) is 13.8 Å². The van der Waals surface area contributed by atoms with E-state index in [0.717, 1.165) is 22.5 Å². The molecule has 0 radical (unpaired) electrons. The van der Waals surface area contributed by atoms with Crippen LogP contribution >= 0.6 is 11.3 Å². The Morgan fingerprint density at radius 1 is 1.19 bits per heavy atom. The lowest BCUT2D eigenvalue weighted by molar-refractivity contribution is 0.0514. The average molecular weight is 406 g/mol. The quantitative estimate of drug-likeness (QED) is 0.621. The molecule has 142 valence electrons. The van der Waals surface area contributed by atoms with Gasteiger partial charge in [0.2, 0.25) is 0 Å². The van der Waals surface area contributed by atoms with Crippen LogP contribution in [-0.4, -0.2) is 26.2 Å². The van der Waals surface area contributed by atoms with Gasteiger partial charge < -0.3 is 9.26 Å². The van der Waals surface area contributed by atoms with E-state index in [0.29, 0.717) is 16.3 Å². The number of carbonyl (C=O) groups excluding carboxylic acids is 1. The van der Waals surface area contributed by atoms with E-state index in [9.17, 15) is 13.2 Å². The smallest absolute Gasteiger partial charge is 0.360 e. The summed E-state index contributed by atoms with van der Waals surface area (Å²) >= 11 is 1.02. The molecule has 2 heterocycles. The summed E-state index contributed by atoms with van der Waals surface area (Å²) in [5.41, 5.74) is 2.62. The van der Waals surface area contributed by atoms with Crippen molar-refractivity contribution >= 4 is 33.0 Å². The monoisotopic (exact) mass is 406 g/mol. The normalized spacial score (nSPS) is 11.4. The highest BCUT2D eigenvalue weighted by Crippen LogP contribution is 2.32. The maximum Gasteiger partial charge on any atom is 0.360 e. The van der Waals surface area contributed by atoms with Crippen molar-refractivity contribution in [2.24, 2.45) is 0 Å². The molecular formula is C18H18N2O5S2. The SMILES string of the molecule is CCOC(=O)c1cc(-c2ccc(S(=O)(=O)Nc3ccc(C)c(C)c3)s2)on1. The van der Waals surface area contributed by atoms with Crippen molar-refractivity contribution in [1.82, 2.24) is 5.16 Å². The zero-order chi connectivity index (χ0) is 19.6. The zero-order valence-corrected chi connectivity index (χ0v) is 16.6. The maximum atomic E-state index is 12.6. The highest BCUT2D eigenvalue weighted by molar-refractivity contribution is 7.94. The highest BCUT2D eigenvalue weighted by Gasteiger charge is 2.21. The molecule has 0 aliphatic carbocycles. The molecule has 0 aliphatic heterocycles. The van der Waals surface area contributed by atoms with Crippen molar-refractivity contribution in [3.05, 3.63) is 53.2 Å². The standard InChI is InChI=1S/C18H18N2O5S2/c1-4-24-18(21)14-10-15(25-19-14)16-7-8-17(26-16)27(22,23)20-13-6-5-11(2)12(3)9-13/h5-10,20H,4H2,1-3H3. The Bertz CT molecular complexity index is 1080. The number of thiophene rings is 1. The molecule has 0 aliphatic rings. The molecule has 0 fully saturated rings. The number of nitrogens with zero attached hydrogens (tertiary/aromatic N) is 1. The summed E-state index contributed by atoms with van der Waals surface area (Å²) in [5.74, 6) is -0.288.